The van der Waals surface area contributed by atoms with Crippen LogP contribution < -0.4 is 0 Å². The SMILES string of the molecule is Cc1nc(C)c(C(=O)OCCN(C)Cc2ccccc2)c(-c2cccc(Cl)c2Cl)c1C(=O)O. The molecule has 0 amide bonds. The van der Waals surface area contributed by atoms with Gasteiger partial charge >= 0.3 is 11.9 Å². The summed E-state index contributed by atoms with van der Waals surface area (Å²) in [4.78, 5) is 31.5. The van der Waals surface area contributed by atoms with Crippen LogP contribution >= 0.6 is 23.2 Å². The van der Waals surface area contributed by atoms with Crippen molar-refractivity contribution in [2.45, 2.75) is 20.4 Å². The molecule has 0 aliphatic heterocycles. The summed E-state index contributed by atoms with van der Waals surface area (Å²) in [5, 5.41) is 10.3. The summed E-state index contributed by atoms with van der Waals surface area (Å²) in [6, 6.07) is 14.8. The van der Waals surface area contributed by atoms with Crippen molar-refractivity contribution in [3.8, 4) is 11.1 Å². The van der Waals surface area contributed by atoms with Crippen LogP contribution in [0.3, 0.4) is 0 Å². The molecule has 0 spiro atoms. The molecule has 1 aromatic heterocycles. The number of aromatic nitrogens is 1. The van der Waals surface area contributed by atoms with Gasteiger partial charge in [-0.15, -0.1) is 0 Å². The number of carboxylic acids is 1. The minimum absolute atomic E-state index is 0.0629. The Kier molecular flexibility index (Phi) is 8.08. The Morgan fingerprint density at radius 1 is 1.00 bits per heavy atom. The number of aromatic carboxylic acids is 1. The predicted molar refractivity (Wildman–Crippen MR) is 129 cm³/mol. The summed E-state index contributed by atoms with van der Waals surface area (Å²) in [6.07, 6.45) is 0. The molecule has 0 saturated carbocycles. The van der Waals surface area contributed by atoms with Crippen LogP contribution in [-0.2, 0) is 11.3 Å². The molecule has 0 radical (unpaired) electrons. The highest BCUT2D eigenvalue weighted by atomic mass is 35.5. The summed E-state index contributed by atoms with van der Waals surface area (Å²) in [5.41, 5.74) is 2.21. The van der Waals surface area contributed by atoms with Gasteiger partial charge in [-0.25, -0.2) is 9.59 Å². The first-order valence-electron chi connectivity index (χ1n) is 10.3. The molecular formula is C25H24Cl2N2O4. The van der Waals surface area contributed by atoms with E-state index in [1.807, 2.05) is 42.3 Å². The summed E-state index contributed by atoms with van der Waals surface area (Å²) >= 11 is 12.6. The van der Waals surface area contributed by atoms with Crippen LogP contribution in [0, 0.1) is 13.8 Å². The number of nitrogens with zero attached hydrogens (tertiary/aromatic N) is 2. The third-order valence-electron chi connectivity index (χ3n) is 5.20. The summed E-state index contributed by atoms with van der Waals surface area (Å²) < 4.78 is 5.53. The van der Waals surface area contributed by atoms with E-state index in [2.05, 4.69) is 4.98 Å². The summed E-state index contributed by atoms with van der Waals surface area (Å²) in [6.45, 7) is 4.54. The molecule has 3 aromatic rings. The number of ether oxygens (including phenoxy) is 1. The van der Waals surface area contributed by atoms with E-state index in [0.717, 1.165) is 5.56 Å². The van der Waals surface area contributed by atoms with Crippen molar-refractivity contribution in [1.29, 1.82) is 0 Å². The van der Waals surface area contributed by atoms with Crippen molar-refractivity contribution in [3.05, 3.63) is 86.7 Å². The zero-order valence-corrected chi connectivity index (χ0v) is 20.1. The van der Waals surface area contributed by atoms with Gasteiger partial charge in [0.25, 0.3) is 0 Å². The van der Waals surface area contributed by atoms with E-state index >= 15 is 0 Å². The first-order valence-corrected chi connectivity index (χ1v) is 11.0. The Labute approximate surface area is 202 Å². The van der Waals surface area contributed by atoms with Crippen molar-refractivity contribution in [2.75, 3.05) is 20.2 Å². The number of hydrogen-bond donors (Lipinski definition) is 1. The second-order valence-corrected chi connectivity index (χ2v) is 8.46. The highest BCUT2D eigenvalue weighted by Gasteiger charge is 2.28. The van der Waals surface area contributed by atoms with Crippen molar-refractivity contribution in [2.24, 2.45) is 0 Å². The monoisotopic (exact) mass is 486 g/mol. The molecule has 172 valence electrons. The van der Waals surface area contributed by atoms with E-state index in [0.29, 0.717) is 24.3 Å². The molecule has 0 unspecified atom stereocenters. The highest BCUT2D eigenvalue weighted by molar-refractivity contribution is 6.44. The van der Waals surface area contributed by atoms with Gasteiger partial charge in [0.05, 0.1) is 32.6 Å². The summed E-state index contributed by atoms with van der Waals surface area (Å²) in [5.74, 6) is -1.88. The molecule has 1 N–H and O–H groups in total. The number of hydrogen-bond acceptors (Lipinski definition) is 5. The second-order valence-electron chi connectivity index (χ2n) is 7.67. The van der Waals surface area contributed by atoms with Crippen LogP contribution in [0.25, 0.3) is 11.1 Å². The fourth-order valence-corrected chi connectivity index (χ4v) is 4.06. The quantitative estimate of drug-likeness (QED) is 0.413. The zero-order valence-electron chi connectivity index (χ0n) is 18.6. The second kappa shape index (κ2) is 10.8. The third-order valence-corrected chi connectivity index (χ3v) is 6.02. The smallest absolute Gasteiger partial charge is 0.340 e. The number of pyridine rings is 1. The number of aryl methyl sites for hydroxylation is 2. The van der Waals surface area contributed by atoms with Crippen LogP contribution in [0.5, 0.6) is 0 Å². The molecule has 2 aromatic carbocycles. The molecule has 0 atom stereocenters. The van der Waals surface area contributed by atoms with E-state index < -0.39 is 11.9 Å². The van der Waals surface area contributed by atoms with Gasteiger partial charge in [-0.1, -0.05) is 65.7 Å². The number of esters is 1. The standard InChI is InChI=1S/C25H24Cl2N2O4/c1-15-20(24(30)31)22(18-10-7-11-19(26)23(18)27)21(16(2)28-15)25(32)33-13-12-29(3)14-17-8-5-4-6-9-17/h4-11H,12-14H2,1-3H3,(H,30,31). The highest BCUT2D eigenvalue weighted by Crippen LogP contribution is 2.39. The minimum Gasteiger partial charge on any atom is -0.478 e. The first-order chi connectivity index (χ1) is 15.7. The van der Waals surface area contributed by atoms with Crippen molar-refractivity contribution < 1.29 is 19.4 Å². The lowest BCUT2D eigenvalue weighted by molar-refractivity contribution is 0.0470. The van der Waals surface area contributed by atoms with E-state index in [9.17, 15) is 14.7 Å². The molecule has 6 nitrogen and oxygen atoms in total. The van der Waals surface area contributed by atoms with E-state index in [1.54, 1.807) is 32.0 Å². The average Bonchev–Trinajstić information content (AvgIpc) is 2.75. The van der Waals surface area contributed by atoms with Gasteiger partial charge in [0.1, 0.15) is 6.61 Å². The Morgan fingerprint density at radius 3 is 2.33 bits per heavy atom. The maximum absolute atomic E-state index is 13.1. The molecular weight excluding hydrogens is 463 g/mol. The number of carbonyl (C=O) groups is 2. The maximum Gasteiger partial charge on any atom is 0.340 e. The molecule has 0 bridgehead atoms. The predicted octanol–water partition coefficient (Wildman–Crippen LogP) is 5.66. The average molecular weight is 487 g/mol. The molecule has 0 fully saturated rings. The topological polar surface area (TPSA) is 79.7 Å². The van der Waals surface area contributed by atoms with Crippen LogP contribution in [0.1, 0.15) is 37.7 Å². The zero-order chi connectivity index (χ0) is 24.1. The van der Waals surface area contributed by atoms with Crippen LogP contribution in [0.15, 0.2) is 48.5 Å². The van der Waals surface area contributed by atoms with Crippen LogP contribution in [0.4, 0.5) is 0 Å². The number of likely N-dealkylation sites (N-methyl/N-ethyl adjacent to an activating group) is 1. The van der Waals surface area contributed by atoms with Gasteiger partial charge in [0.15, 0.2) is 0 Å². The lowest BCUT2D eigenvalue weighted by atomic mass is 9.92. The van der Waals surface area contributed by atoms with Crippen LogP contribution in [0.2, 0.25) is 10.0 Å². The largest absolute Gasteiger partial charge is 0.478 e. The maximum atomic E-state index is 13.1. The molecule has 8 heteroatoms. The Balaban J connectivity index is 1.90. The molecule has 3 rings (SSSR count). The molecule has 0 aliphatic carbocycles. The van der Waals surface area contributed by atoms with E-state index in [1.165, 1.54) is 0 Å². The van der Waals surface area contributed by atoms with Crippen molar-refractivity contribution in [1.82, 2.24) is 9.88 Å². The lowest BCUT2D eigenvalue weighted by Gasteiger charge is -2.19. The van der Waals surface area contributed by atoms with Crippen molar-refractivity contribution >= 4 is 35.1 Å². The first kappa shape index (κ1) is 24.7. The lowest BCUT2D eigenvalue weighted by Crippen LogP contribution is -2.25. The third kappa shape index (κ3) is 5.71. The molecule has 33 heavy (non-hydrogen) atoms. The molecule has 0 aliphatic rings. The van der Waals surface area contributed by atoms with Gasteiger partial charge in [-0.2, -0.15) is 0 Å². The fourth-order valence-electron chi connectivity index (χ4n) is 3.67. The number of carboxylic acid groups (broad SMARTS) is 1. The fraction of sp³-hybridized carbons (Fsp3) is 0.240. The number of halogens is 2. The summed E-state index contributed by atoms with van der Waals surface area (Å²) in [7, 11) is 1.93. The normalized spacial score (nSPS) is 11.0. The Bertz CT molecular complexity index is 1180. The van der Waals surface area contributed by atoms with Gasteiger partial charge in [-0.3, -0.25) is 9.88 Å². The van der Waals surface area contributed by atoms with Gasteiger partial charge < -0.3 is 9.84 Å². The minimum atomic E-state index is -1.22. The number of carbonyl (C=O) groups excluding carboxylic acids is 1. The molecule has 0 saturated heterocycles. The van der Waals surface area contributed by atoms with E-state index in [4.69, 9.17) is 27.9 Å². The van der Waals surface area contributed by atoms with Gasteiger partial charge in [0.2, 0.25) is 0 Å². The molecule has 1 heterocycles. The van der Waals surface area contributed by atoms with Crippen molar-refractivity contribution in [3.63, 3.8) is 0 Å². The van der Waals surface area contributed by atoms with E-state index in [-0.39, 0.29) is 39.0 Å². The van der Waals surface area contributed by atoms with Crippen LogP contribution in [-0.4, -0.2) is 47.1 Å². The Hall–Kier alpha value is -2.93. The van der Waals surface area contributed by atoms with Gasteiger partial charge in [0, 0.05) is 24.2 Å². The number of rotatable bonds is 8. The number of benzene rings is 2. The Morgan fingerprint density at radius 2 is 1.67 bits per heavy atom. The van der Waals surface area contributed by atoms with Gasteiger partial charge in [-0.05, 0) is 32.5 Å².